The third-order valence-electron chi connectivity index (χ3n) is 10.1. The Hall–Kier alpha value is -0.960. The van der Waals surface area contributed by atoms with Gasteiger partial charge < -0.3 is 9.90 Å². The molecule has 31 heavy (non-hydrogen) atoms. The summed E-state index contributed by atoms with van der Waals surface area (Å²) in [5.74, 6) is 2.01. The third kappa shape index (κ3) is 4.45. The van der Waals surface area contributed by atoms with Crippen LogP contribution < -0.4 is 0 Å². The first-order valence-electron chi connectivity index (χ1n) is 12.7. The molecule has 3 saturated carbocycles. The van der Waals surface area contributed by atoms with Crippen molar-refractivity contribution in [2.45, 2.75) is 112 Å². The van der Waals surface area contributed by atoms with Crippen molar-refractivity contribution >= 4 is 11.6 Å². The van der Waals surface area contributed by atoms with Crippen molar-refractivity contribution in [3.8, 4) is 0 Å². The zero-order valence-electron chi connectivity index (χ0n) is 21.1. The van der Waals surface area contributed by atoms with Crippen LogP contribution in [-0.2, 0) is 9.59 Å². The van der Waals surface area contributed by atoms with Gasteiger partial charge >= 0.3 is 0 Å². The first kappa shape index (κ1) is 24.7. The summed E-state index contributed by atoms with van der Waals surface area (Å²) in [6.45, 7) is 15.0. The Balaban J connectivity index is 1.86. The summed E-state index contributed by atoms with van der Waals surface area (Å²) in [6.07, 6.45) is 10.3. The van der Waals surface area contributed by atoms with E-state index in [4.69, 9.17) is 0 Å². The highest BCUT2D eigenvalue weighted by Gasteiger charge is 2.64. The van der Waals surface area contributed by atoms with Crippen molar-refractivity contribution in [2.24, 2.45) is 40.4 Å². The van der Waals surface area contributed by atoms with Crippen LogP contribution >= 0.6 is 0 Å². The summed E-state index contributed by atoms with van der Waals surface area (Å²) in [5.41, 5.74) is 0.680. The van der Waals surface area contributed by atoms with Gasteiger partial charge in [-0.05, 0) is 107 Å². The van der Waals surface area contributed by atoms with E-state index in [-0.39, 0.29) is 28.4 Å². The van der Waals surface area contributed by atoms with Gasteiger partial charge in [0.1, 0.15) is 11.6 Å². The monoisotopic (exact) mass is 430 g/mol. The smallest absolute Gasteiger partial charge is 0.136 e. The van der Waals surface area contributed by atoms with Gasteiger partial charge in [-0.25, -0.2) is 0 Å². The highest BCUT2D eigenvalue weighted by molar-refractivity contribution is 5.84. The van der Waals surface area contributed by atoms with Crippen LogP contribution in [0.15, 0.2) is 11.6 Å². The number of carbonyl (C=O) groups excluding carboxylic acids is 2. The molecule has 1 N–H and O–H groups in total. The zero-order valence-corrected chi connectivity index (χ0v) is 21.1. The Morgan fingerprint density at radius 1 is 1.19 bits per heavy atom. The summed E-state index contributed by atoms with van der Waals surface area (Å²) >= 11 is 0. The normalized spacial score (nSPS) is 41.8. The molecule has 3 nitrogen and oxygen atoms in total. The fourth-order valence-corrected chi connectivity index (χ4v) is 7.97. The fourth-order valence-electron chi connectivity index (χ4n) is 7.97. The van der Waals surface area contributed by atoms with Gasteiger partial charge in [0.05, 0.1) is 5.60 Å². The summed E-state index contributed by atoms with van der Waals surface area (Å²) in [4.78, 5) is 25.5. The van der Waals surface area contributed by atoms with E-state index in [1.165, 1.54) is 18.4 Å². The summed E-state index contributed by atoms with van der Waals surface area (Å²) in [7, 11) is 0. The molecule has 0 spiro atoms. The number of ketones is 2. The van der Waals surface area contributed by atoms with Crippen LogP contribution in [0.1, 0.15) is 106 Å². The lowest BCUT2D eigenvalue weighted by Crippen LogP contribution is -2.58. The van der Waals surface area contributed by atoms with Crippen LogP contribution in [0.4, 0.5) is 0 Å². The minimum atomic E-state index is -0.788. The van der Waals surface area contributed by atoms with Gasteiger partial charge in [0.25, 0.3) is 0 Å². The number of Topliss-reactive ketones (excluding diaryl/α,β-unsaturated/α-hetero) is 2. The lowest BCUT2D eigenvalue weighted by atomic mass is 9.43. The average Bonchev–Trinajstić information content (AvgIpc) is 3.13. The van der Waals surface area contributed by atoms with E-state index in [0.29, 0.717) is 36.4 Å². The second-order valence-electron chi connectivity index (χ2n) is 12.4. The molecule has 0 aromatic rings. The number of fused-ring (bicyclic) bond motifs is 3. The topological polar surface area (TPSA) is 54.4 Å². The molecule has 176 valence electrons. The molecule has 3 fully saturated rings. The number of hydrogen-bond donors (Lipinski definition) is 1. The molecule has 0 aliphatic heterocycles. The molecule has 3 rings (SSSR count). The van der Waals surface area contributed by atoms with Crippen LogP contribution in [-0.4, -0.2) is 22.3 Å². The van der Waals surface area contributed by atoms with E-state index in [2.05, 4.69) is 40.7 Å². The van der Waals surface area contributed by atoms with Gasteiger partial charge in [-0.1, -0.05) is 32.4 Å². The third-order valence-corrected chi connectivity index (χ3v) is 10.1. The van der Waals surface area contributed by atoms with Gasteiger partial charge in [0.2, 0.25) is 0 Å². The highest BCUT2D eigenvalue weighted by Crippen LogP contribution is 2.67. The predicted octanol–water partition coefficient (Wildman–Crippen LogP) is 6.53. The van der Waals surface area contributed by atoms with Gasteiger partial charge in [0.15, 0.2) is 0 Å². The molecule has 0 amide bonds. The molecule has 8 atom stereocenters. The molecule has 3 heteroatoms. The van der Waals surface area contributed by atoms with Crippen molar-refractivity contribution in [1.29, 1.82) is 0 Å². The van der Waals surface area contributed by atoms with Crippen LogP contribution in [0.5, 0.6) is 0 Å². The number of aliphatic hydroxyl groups is 1. The van der Waals surface area contributed by atoms with E-state index >= 15 is 0 Å². The minimum Gasteiger partial charge on any atom is -0.390 e. The van der Waals surface area contributed by atoms with Gasteiger partial charge in [-0.3, -0.25) is 4.79 Å². The lowest BCUT2D eigenvalue weighted by Gasteiger charge is -2.61. The van der Waals surface area contributed by atoms with Crippen molar-refractivity contribution in [3.05, 3.63) is 11.6 Å². The average molecular weight is 431 g/mol. The highest BCUT2D eigenvalue weighted by atomic mass is 16.3. The number of hydrogen-bond acceptors (Lipinski definition) is 3. The fraction of sp³-hybridized carbons (Fsp3) is 0.857. The second kappa shape index (κ2) is 8.76. The van der Waals surface area contributed by atoms with E-state index in [9.17, 15) is 14.7 Å². The lowest BCUT2D eigenvalue weighted by molar-refractivity contribution is -0.163. The molecular formula is C28H46O3. The summed E-state index contributed by atoms with van der Waals surface area (Å²) in [5, 5.41) is 11.4. The Bertz CT molecular complexity index is 731. The number of rotatable bonds is 7. The quantitative estimate of drug-likeness (QED) is 0.467. The molecule has 0 aromatic heterocycles. The number of allylic oxidation sites excluding steroid dienone is 2. The van der Waals surface area contributed by atoms with Crippen LogP contribution in [0, 0.1) is 40.4 Å². The van der Waals surface area contributed by atoms with Crippen molar-refractivity contribution in [1.82, 2.24) is 0 Å². The Labute approximate surface area is 190 Å². The maximum absolute atomic E-state index is 13.7. The Morgan fingerprint density at radius 3 is 2.48 bits per heavy atom. The van der Waals surface area contributed by atoms with Crippen molar-refractivity contribution in [2.75, 3.05) is 0 Å². The zero-order chi connectivity index (χ0) is 23.2. The molecule has 0 aromatic carbocycles. The van der Waals surface area contributed by atoms with Gasteiger partial charge in [-0.2, -0.15) is 0 Å². The first-order chi connectivity index (χ1) is 14.3. The Kier molecular flexibility index (Phi) is 6.98. The van der Waals surface area contributed by atoms with Crippen LogP contribution in [0.2, 0.25) is 0 Å². The molecular weight excluding hydrogens is 384 g/mol. The predicted molar refractivity (Wildman–Crippen MR) is 127 cm³/mol. The van der Waals surface area contributed by atoms with Gasteiger partial charge in [0, 0.05) is 18.8 Å². The Morgan fingerprint density at radius 2 is 1.87 bits per heavy atom. The molecule has 3 aliphatic rings. The molecule has 0 heterocycles. The van der Waals surface area contributed by atoms with Crippen molar-refractivity contribution < 1.29 is 14.7 Å². The summed E-state index contributed by atoms with van der Waals surface area (Å²) in [6, 6.07) is 0. The van der Waals surface area contributed by atoms with Crippen molar-refractivity contribution in [3.63, 3.8) is 0 Å². The maximum Gasteiger partial charge on any atom is 0.136 e. The van der Waals surface area contributed by atoms with Gasteiger partial charge in [-0.15, -0.1) is 0 Å². The molecule has 0 bridgehead atoms. The first-order valence-corrected chi connectivity index (χ1v) is 12.7. The second-order valence-corrected chi connectivity index (χ2v) is 12.4. The molecule has 8 unspecified atom stereocenters. The molecule has 3 aliphatic carbocycles. The molecule has 0 saturated heterocycles. The minimum absolute atomic E-state index is 0.00779. The largest absolute Gasteiger partial charge is 0.390 e. The molecule has 0 radical (unpaired) electrons. The van der Waals surface area contributed by atoms with Crippen LogP contribution in [0.25, 0.3) is 0 Å². The number of carbonyl (C=O) groups is 2. The van der Waals surface area contributed by atoms with E-state index < -0.39 is 5.60 Å². The van der Waals surface area contributed by atoms with Crippen LogP contribution in [0.3, 0.4) is 0 Å². The SMILES string of the molecule is CC(=O)CCC1(C)C(C)CCC2(C)C3CCC(C(C)(O)CCC=C(C)C)C3C(=O)CC12. The van der Waals surface area contributed by atoms with E-state index in [1.807, 2.05) is 6.92 Å². The van der Waals surface area contributed by atoms with E-state index in [0.717, 1.165) is 32.1 Å². The summed E-state index contributed by atoms with van der Waals surface area (Å²) < 4.78 is 0. The van der Waals surface area contributed by atoms with E-state index in [1.54, 1.807) is 6.92 Å². The maximum atomic E-state index is 13.7. The standard InChI is InChI=1S/C28H46O3/c1-18(2)9-8-14-28(7,31)22-11-10-21-25(22)23(30)17-24-26(5,16-13-20(4)29)19(3)12-15-27(21,24)6/h9,19,21-22,24-25,31H,8,10-17H2,1-7H3.